The molecule has 0 aromatic heterocycles. The fourth-order valence-electron chi connectivity index (χ4n) is 19.2. The Morgan fingerprint density at radius 1 is 0.430 bits per heavy atom. The lowest BCUT2D eigenvalue weighted by atomic mass is 9.43. The van der Waals surface area contributed by atoms with Gasteiger partial charge in [0.15, 0.2) is 37.2 Å². The van der Waals surface area contributed by atoms with Crippen LogP contribution in [-0.2, 0) is 61.6 Å². The van der Waals surface area contributed by atoms with Gasteiger partial charge >= 0.3 is 0 Å². The third-order valence-electron chi connectivity index (χ3n) is 24.6. The van der Waals surface area contributed by atoms with E-state index in [1.165, 1.54) is 6.92 Å². The summed E-state index contributed by atoms with van der Waals surface area (Å²) in [5.41, 5.74) is -0.439. The molecule has 0 radical (unpaired) electrons. The van der Waals surface area contributed by atoms with Crippen molar-refractivity contribution < 1.29 is 153 Å². The first-order valence-electron chi connectivity index (χ1n) is 33.6. The van der Waals surface area contributed by atoms with Crippen molar-refractivity contribution in [2.75, 3.05) is 39.6 Å². The molecule has 31 nitrogen and oxygen atoms in total. The summed E-state index contributed by atoms with van der Waals surface area (Å²) in [5, 5.41) is 203. The largest absolute Gasteiger partial charge is 0.394 e. The standard InChI is InChI=1S/C62H102O31/c1-22-8-13-61(82-20-22)23(2)36-31(91-61)15-29-27-7-6-25-14-26(9-11-59(25,4)28(27)10-12-60(29,36)5)62(93-57-49(80)44(75)40(71)33(17-64)85-57)53(90-58-51(45(76)41(72)34(18-65)86-58)88-54-46(77)38(69)30(67)21-81-54)52(89-56-48(79)43(74)39(70)32(16-63)84-56)50(35(19-66)92-62)87-55-47(78)42(73)37(68)24(3)83-55/h22-58,63-80H,6-21H2,1-5H3/t22?,23-,24-,25?,26?,27?,28?,29?,30+,31-,32+,33+,34+,35-,36-,37-,38-,39+,40+,41+,42+,43-,44-,45-,46+,47+,48+,49+,50-,51+,52-,53+,54-,55-,56+,57+,58-,59-,60-,61?,62+/m0/s1. The van der Waals surface area contributed by atoms with Gasteiger partial charge in [-0.25, -0.2) is 0 Å². The average Bonchev–Trinajstić information content (AvgIpc) is 1.63. The molecule has 536 valence electrons. The maximum absolute atomic E-state index is 12.1. The number of ether oxygens (including phenoxy) is 13. The Kier molecular flexibility index (Phi) is 21.2. The summed E-state index contributed by atoms with van der Waals surface area (Å²) >= 11 is 0. The Balaban J connectivity index is 0.980. The van der Waals surface area contributed by atoms with Gasteiger partial charge in [0, 0.05) is 18.3 Å². The summed E-state index contributed by atoms with van der Waals surface area (Å²) < 4.78 is 84.6. The van der Waals surface area contributed by atoms with E-state index in [-0.39, 0.29) is 54.0 Å². The molecule has 7 unspecified atom stereocenters. The summed E-state index contributed by atoms with van der Waals surface area (Å²) in [6.07, 6.45) is -48.6. The van der Waals surface area contributed by atoms with E-state index in [9.17, 15) is 91.9 Å². The van der Waals surface area contributed by atoms with E-state index in [2.05, 4.69) is 27.7 Å². The predicted octanol–water partition coefficient (Wildman–Crippen LogP) is -6.00. The first-order valence-corrected chi connectivity index (χ1v) is 33.6. The van der Waals surface area contributed by atoms with E-state index in [0.717, 1.165) is 38.5 Å². The van der Waals surface area contributed by atoms with Crippen LogP contribution in [0.3, 0.4) is 0 Å². The van der Waals surface area contributed by atoms with Gasteiger partial charge in [0.25, 0.3) is 0 Å². The molecule has 0 aromatic rings. The van der Waals surface area contributed by atoms with Crippen molar-refractivity contribution in [2.45, 2.75) is 288 Å². The number of fused-ring (bicyclic) bond motifs is 7. The molecular formula is C62H102O31. The number of hydrogen-bond donors (Lipinski definition) is 18. The van der Waals surface area contributed by atoms with Crippen molar-refractivity contribution in [1.82, 2.24) is 0 Å². The molecule has 12 aliphatic rings. The van der Waals surface area contributed by atoms with Crippen LogP contribution in [0.2, 0.25) is 0 Å². The van der Waals surface area contributed by atoms with Crippen molar-refractivity contribution >= 4 is 0 Å². The summed E-state index contributed by atoms with van der Waals surface area (Å²) in [7, 11) is 0. The Hall–Kier alpha value is -1.24. The Labute approximate surface area is 538 Å². The highest BCUT2D eigenvalue weighted by Gasteiger charge is 2.72. The van der Waals surface area contributed by atoms with Crippen LogP contribution >= 0.6 is 0 Å². The molecule has 12 fully saturated rings. The molecular weight excluding hydrogens is 1240 g/mol. The molecule has 18 N–H and O–H groups in total. The second-order valence-electron chi connectivity index (χ2n) is 29.7. The zero-order chi connectivity index (χ0) is 66.9. The van der Waals surface area contributed by atoms with Gasteiger partial charge in [-0.3, -0.25) is 0 Å². The summed E-state index contributed by atoms with van der Waals surface area (Å²) in [6.45, 7) is 6.52. The van der Waals surface area contributed by atoms with Crippen molar-refractivity contribution in [2.24, 2.45) is 58.2 Å². The lowest BCUT2D eigenvalue weighted by molar-refractivity contribution is -0.474. The maximum atomic E-state index is 12.1. The quantitative estimate of drug-likeness (QED) is 0.0726. The highest BCUT2D eigenvalue weighted by molar-refractivity contribution is 5.17. The van der Waals surface area contributed by atoms with Crippen molar-refractivity contribution in [1.29, 1.82) is 0 Å². The average molecular weight is 1340 g/mol. The van der Waals surface area contributed by atoms with Crippen molar-refractivity contribution in [3.63, 3.8) is 0 Å². The van der Waals surface area contributed by atoms with Crippen molar-refractivity contribution in [3.05, 3.63) is 0 Å². The fraction of sp³-hybridized carbons (Fsp3) is 1.00. The zero-order valence-corrected chi connectivity index (χ0v) is 53.0. The van der Waals surface area contributed by atoms with Crippen LogP contribution in [0.1, 0.15) is 98.8 Å². The van der Waals surface area contributed by atoms with Gasteiger partial charge in [-0.05, 0) is 111 Å². The molecule has 31 heteroatoms. The smallest absolute Gasteiger partial charge is 0.203 e. The van der Waals surface area contributed by atoms with Crippen LogP contribution in [0.25, 0.3) is 0 Å². The third-order valence-corrected chi connectivity index (χ3v) is 24.6. The fourth-order valence-corrected chi connectivity index (χ4v) is 19.2. The molecule has 0 bridgehead atoms. The maximum Gasteiger partial charge on any atom is 0.203 e. The summed E-state index contributed by atoms with van der Waals surface area (Å²) in [5.74, 6) is -2.93. The van der Waals surface area contributed by atoms with Crippen LogP contribution in [0.4, 0.5) is 0 Å². The molecule has 1 spiro atoms. The molecule has 8 saturated heterocycles. The minimum atomic E-state index is -2.71. The first-order chi connectivity index (χ1) is 44.1. The van der Waals surface area contributed by atoms with Gasteiger partial charge < -0.3 is 153 Å². The van der Waals surface area contributed by atoms with Crippen molar-refractivity contribution in [3.8, 4) is 0 Å². The van der Waals surface area contributed by atoms with Crippen LogP contribution in [0.5, 0.6) is 0 Å². The molecule has 4 aliphatic carbocycles. The topological polar surface area (TPSA) is 484 Å². The molecule has 12 rings (SSSR count). The van der Waals surface area contributed by atoms with Crippen LogP contribution in [0, 0.1) is 58.2 Å². The Morgan fingerprint density at radius 3 is 1.62 bits per heavy atom. The van der Waals surface area contributed by atoms with Gasteiger partial charge in [0.2, 0.25) is 5.79 Å². The molecule has 0 aromatic carbocycles. The monoisotopic (exact) mass is 1340 g/mol. The summed E-state index contributed by atoms with van der Waals surface area (Å²) in [6, 6.07) is 0. The van der Waals surface area contributed by atoms with Gasteiger partial charge in [-0.1, -0.05) is 27.7 Å². The van der Waals surface area contributed by atoms with E-state index in [4.69, 9.17) is 61.6 Å². The number of aliphatic hydroxyl groups excluding tert-OH is 18. The van der Waals surface area contributed by atoms with Crippen LogP contribution < -0.4 is 0 Å². The second kappa shape index (κ2) is 27.6. The molecule has 41 atom stereocenters. The van der Waals surface area contributed by atoms with Crippen LogP contribution in [0.15, 0.2) is 0 Å². The molecule has 93 heavy (non-hydrogen) atoms. The lowest BCUT2D eigenvalue weighted by Gasteiger charge is -2.64. The molecule has 0 amide bonds. The normalized spacial score (nSPS) is 58.3. The van der Waals surface area contributed by atoms with E-state index in [1.807, 2.05) is 0 Å². The van der Waals surface area contributed by atoms with E-state index < -0.39 is 228 Å². The zero-order valence-electron chi connectivity index (χ0n) is 53.0. The second-order valence-corrected chi connectivity index (χ2v) is 29.7. The number of rotatable bonds is 15. The van der Waals surface area contributed by atoms with Gasteiger partial charge in [-0.2, -0.15) is 0 Å². The van der Waals surface area contributed by atoms with E-state index in [1.54, 1.807) is 0 Å². The number of aliphatic hydroxyl groups is 18. The Morgan fingerprint density at radius 2 is 0.989 bits per heavy atom. The van der Waals surface area contributed by atoms with Gasteiger partial charge in [-0.15, -0.1) is 0 Å². The van der Waals surface area contributed by atoms with Gasteiger partial charge in [0.05, 0.1) is 51.8 Å². The van der Waals surface area contributed by atoms with E-state index in [0.29, 0.717) is 31.3 Å². The number of hydrogen-bond acceptors (Lipinski definition) is 31. The molecule has 4 saturated carbocycles. The first kappa shape index (κ1) is 71.6. The van der Waals surface area contributed by atoms with Gasteiger partial charge in [0.1, 0.15) is 134 Å². The minimum absolute atomic E-state index is 0.0246. The minimum Gasteiger partial charge on any atom is -0.394 e. The predicted molar refractivity (Wildman–Crippen MR) is 306 cm³/mol. The van der Waals surface area contributed by atoms with E-state index >= 15 is 0 Å². The molecule has 8 heterocycles. The highest BCUT2D eigenvalue weighted by Crippen LogP contribution is 2.72. The third kappa shape index (κ3) is 12.2. The van der Waals surface area contributed by atoms with Crippen LogP contribution in [-0.4, -0.2) is 321 Å². The Bertz CT molecular complexity index is 2480. The summed E-state index contributed by atoms with van der Waals surface area (Å²) in [4.78, 5) is 0. The lowest BCUT2D eigenvalue weighted by Crippen LogP contribution is -2.76. The SMILES string of the molecule is CC1CCC2(OC1)O[C@H]1CC3C4CCC5CC([C@]6(O[C@H]7O[C@H](CO)[C@@H](O)[C@H](O)[C@H]7O)O[C@@H](CO)[C@H](O[C@@H]7O[C@@H](C)[C@H](O)[C@@H](O)[C@H]7O)[C@H](O[C@H]7O[C@H](CO)[C@@H](O)[C@H](O)[C@H]7O)[C@H]6O[C@@H]6O[C@H](CO)[C@@H](O)[C@H](O)[C@H]6O[C@@H]6OC[C@@H](O)[C@H](O)[C@H]6O)CC[C@]5(C)C4CC[C@]3(C)[C@H]1[C@@H]2C. The molecule has 8 aliphatic heterocycles. The highest BCUT2D eigenvalue weighted by atomic mass is 16.8.